The third-order valence-electron chi connectivity index (χ3n) is 4.88. The summed E-state index contributed by atoms with van der Waals surface area (Å²) in [6, 6.07) is 6.56. The minimum Gasteiger partial charge on any atom is -0.395 e. The van der Waals surface area contributed by atoms with Crippen LogP contribution in [0.2, 0.25) is 0 Å². The molecule has 0 radical (unpaired) electrons. The third-order valence-corrected chi connectivity index (χ3v) is 5.88. The van der Waals surface area contributed by atoms with Crippen molar-refractivity contribution in [3.63, 3.8) is 0 Å². The Labute approximate surface area is 153 Å². The molecular weight excluding hydrogens is 358 g/mol. The van der Waals surface area contributed by atoms with E-state index in [9.17, 15) is 19.7 Å². The van der Waals surface area contributed by atoms with E-state index < -0.39 is 10.8 Å². The normalized spacial score (nSPS) is 22.3. The first-order valence-electron chi connectivity index (χ1n) is 8.40. The molecule has 0 aromatic carbocycles. The monoisotopic (exact) mass is 375 g/mol. The summed E-state index contributed by atoms with van der Waals surface area (Å²) in [7, 11) is 0. The van der Waals surface area contributed by atoms with Gasteiger partial charge < -0.3 is 14.2 Å². The summed E-state index contributed by atoms with van der Waals surface area (Å²) in [6.07, 6.45) is 0.897. The van der Waals surface area contributed by atoms with E-state index in [1.54, 1.807) is 16.2 Å². The second-order valence-corrected chi connectivity index (χ2v) is 7.46. The van der Waals surface area contributed by atoms with Crippen LogP contribution < -0.4 is 0 Å². The van der Waals surface area contributed by atoms with Crippen LogP contribution in [-0.2, 0) is 4.79 Å². The van der Waals surface area contributed by atoms with Crippen LogP contribution in [0.4, 0.5) is 5.88 Å². The van der Waals surface area contributed by atoms with Crippen molar-refractivity contribution < 1.29 is 18.9 Å². The lowest BCUT2D eigenvalue weighted by atomic mass is 10.2. The summed E-state index contributed by atoms with van der Waals surface area (Å²) in [5.74, 6) is -0.321. The van der Waals surface area contributed by atoms with Crippen molar-refractivity contribution >= 4 is 29.0 Å². The van der Waals surface area contributed by atoms with Crippen molar-refractivity contribution in [2.45, 2.75) is 12.3 Å². The number of amides is 2. The zero-order chi connectivity index (χ0) is 18.3. The van der Waals surface area contributed by atoms with Gasteiger partial charge in [0.05, 0.1) is 6.07 Å². The number of hydrogen-bond donors (Lipinski definition) is 0. The van der Waals surface area contributed by atoms with Gasteiger partial charge in [-0.05, 0) is 23.9 Å². The summed E-state index contributed by atoms with van der Waals surface area (Å²) in [5, 5.41) is 12.7. The van der Waals surface area contributed by atoms with Crippen molar-refractivity contribution in [1.29, 1.82) is 0 Å². The average molecular weight is 375 g/mol. The topological polar surface area (TPSA) is 96.9 Å². The van der Waals surface area contributed by atoms with Crippen molar-refractivity contribution in [2.75, 3.05) is 26.2 Å². The summed E-state index contributed by atoms with van der Waals surface area (Å²) in [4.78, 5) is 39.6. The molecule has 0 unspecified atom stereocenters. The van der Waals surface area contributed by atoms with E-state index in [-0.39, 0.29) is 23.5 Å². The molecule has 3 heterocycles. The molecule has 2 aromatic rings. The molecule has 2 amide bonds. The van der Waals surface area contributed by atoms with E-state index in [1.165, 1.54) is 17.0 Å². The maximum Gasteiger partial charge on any atom is 0.433 e. The molecule has 1 saturated carbocycles. The van der Waals surface area contributed by atoms with Gasteiger partial charge in [-0.15, -0.1) is 11.3 Å². The number of hydrogen-bond acceptors (Lipinski definition) is 6. The molecule has 0 bridgehead atoms. The van der Waals surface area contributed by atoms with E-state index in [0.29, 0.717) is 32.1 Å². The van der Waals surface area contributed by atoms with E-state index in [1.807, 2.05) is 16.3 Å². The Morgan fingerprint density at radius 1 is 1.15 bits per heavy atom. The van der Waals surface area contributed by atoms with Crippen molar-refractivity contribution in [3.05, 3.63) is 50.4 Å². The van der Waals surface area contributed by atoms with E-state index in [4.69, 9.17) is 4.42 Å². The fraction of sp³-hybridized carbons (Fsp3) is 0.412. The Kier molecular flexibility index (Phi) is 4.23. The minimum atomic E-state index is -0.674. The van der Waals surface area contributed by atoms with Gasteiger partial charge in [0.2, 0.25) is 5.91 Å². The largest absolute Gasteiger partial charge is 0.433 e. The smallest absolute Gasteiger partial charge is 0.395 e. The van der Waals surface area contributed by atoms with Crippen molar-refractivity contribution in [1.82, 2.24) is 9.80 Å². The molecule has 26 heavy (non-hydrogen) atoms. The van der Waals surface area contributed by atoms with Crippen LogP contribution >= 0.6 is 11.3 Å². The lowest BCUT2D eigenvalue weighted by Crippen LogP contribution is -2.51. The SMILES string of the molecule is O=C(c1ccc([N+](=O)[O-])o1)N1CCN(C(=O)[C@H]2C[C@@H]2c2cccs2)CC1. The second kappa shape index (κ2) is 6.56. The van der Waals surface area contributed by atoms with Gasteiger partial charge in [-0.25, -0.2) is 0 Å². The van der Waals surface area contributed by atoms with Gasteiger partial charge in [-0.1, -0.05) is 6.07 Å². The molecule has 8 nitrogen and oxygen atoms in total. The summed E-state index contributed by atoms with van der Waals surface area (Å²) in [6.45, 7) is 1.74. The number of nitrogens with zero attached hydrogens (tertiary/aromatic N) is 3. The molecule has 4 rings (SSSR count). The van der Waals surface area contributed by atoms with Gasteiger partial charge in [0.25, 0.3) is 5.91 Å². The molecule has 2 aliphatic rings. The number of furan rings is 1. The molecule has 1 saturated heterocycles. The minimum absolute atomic E-state index is 0.0450. The molecule has 0 spiro atoms. The number of carbonyl (C=O) groups is 2. The van der Waals surface area contributed by atoms with Crippen LogP contribution in [0.15, 0.2) is 34.1 Å². The lowest BCUT2D eigenvalue weighted by Gasteiger charge is -2.34. The highest BCUT2D eigenvalue weighted by atomic mass is 32.1. The average Bonchev–Trinajstić information content (AvgIpc) is 3.06. The second-order valence-electron chi connectivity index (χ2n) is 6.48. The summed E-state index contributed by atoms with van der Waals surface area (Å²) < 4.78 is 4.97. The van der Waals surface area contributed by atoms with Crippen LogP contribution in [0, 0.1) is 16.0 Å². The Balaban J connectivity index is 1.32. The molecular formula is C17H17N3O5S. The molecule has 2 fully saturated rings. The van der Waals surface area contributed by atoms with Crippen molar-refractivity contribution in [2.24, 2.45) is 5.92 Å². The van der Waals surface area contributed by atoms with Crippen LogP contribution in [0.3, 0.4) is 0 Å². The van der Waals surface area contributed by atoms with Gasteiger partial charge in [-0.3, -0.25) is 19.7 Å². The van der Waals surface area contributed by atoms with E-state index >= 15 is 0 Å². The van der Waals surface area contributed by atoms with E-state index in [0.717, 1.165) is 6.42 Å². The molecule has 1 aliphatic heterocycles. The fourth-order valence-electron chi connectivity index (χ4n) is 3.35. The molecule has 2 aromatic heterocycles. The Morgan fingerprint density at radius 2 is 1.88 bits per heavy atom. The van der Waals surface area contributed by atoms with E-state index in [2.05, 4.69) is 6.07 Å². The van der Waals surface area contributed by atoms with Gasteiger partial charge in [-0.2, -0.15) is 0 Å². The maximum absolute atomic E-state index is 12.6. The fourth-order valence-corrected chi connectivity index (χ4v) is 4.25. The first kappa shape index (κ1) is 16.8. The number of carbonyl (C=O) groups excluding carboxylic acids is 2. The van der Waals surface area contributed by atoms with Gasteiger partial charge >= 0.3 is 5.88 Å². The summed E-state index contributed by atoms with van der Waals surface area (Å²) >= 11 is 1.69. The molecule has 136 valence electrons. The predicted octanol–water partition coefficient (Wildman–Crippen LogP) is 2.34. The highest BCUT2D eigenvalue weighted by molar-refractivity contribution is 7.10. The van der Waals surface area contributed by atoms with Crippen LogP contribution in [0.1, 0.15) is 27.8 Å². The first-order chi connectivity index (χ1) is 12.5. The highest BCUT2D eigenvalue weighted by Gasteiger charge is 2.46. The number of piperazine rings is 1. The Hall–Kier alpha value is -2.68. The molecule has 0 N–H and O–H groups in total. The van der Waals surface area contributed by atoms with Gasteiger partial charge in [0.15, 0.2) is 5.76 Å². The quantitative estimate of drug-likeness (QED) is 0.603. The van der Waals surface area contributed by atoms with Crippen molar-refractivity contribution in [3.8, 4) is 0 Å². The van der Waals surface area contributed by atoms with Crippen LogP contribution in [-0.4, -0.2) is 52.7 Å². The maximum atomic E-state index is 12.6. The van der Waals surface area contributed by atoms with Gasteiger partial charge in [0.1, 0.15) is 4.92 Å². The highest BCUT2D eigenvalue weighted by Crippen LogP contribution is 2.50. The zero-order valence-corrected chi connectivity index (χ0v) is 14.7. The number of thiophene rings is 1. The van der Waals surface area contributed by atoms with Gasteiger partial charge in [0, 0.05) is 42.9 Å². The third kappa shape index (κ3) is 3.10. The number of nitro groups is 1. The molecule has 9 heteroatoms. The Morgan fingerprint density at radius 3 is 2.50 bits per heavy atom. The lowest BCUT2D eigenvalue weighted by molar-refractivity contribution is -0.402. The Bertz CT molecular complexity index is 838. The molecule has 1 aliphatic carbocycles. The standard InChI is InChI=1S/C17H17N3O5S/c21-16(12-10-11(12)14-2-1-9-26-14)18-5-7-19(8-6-18)17(22)13-3-4-15(25-13)20(23)24/h1-4,9,11-12H,5-8,10H2/t11-,12-/m0/s1. The zero-order valence-electron chi connectivity index (χ0n) is 13.9. The predicted molar refractivity (Wildman–Crippen MR) is 93.0 cm³/mol. The number of rotatable bonds is 4. The van der Waals surface area contributed by atoms with Crippen LogP contribution in [0.5, 0.6) is 0 Å². The van der Waals surface area contributed by atoms with Crippen LogP contribution in [0.25, 0.3) is 0 Å². The molecule has 2 atom stereocenters. The summed E-state index contributed by atoms with van der Waals surface area (Å²) in [5.41, 5.74) is 0. The first-order valence-corrected chi connectivity index (χ1v) is 9.28.